The first-order valence-electron chi connectivity index (χ1n) is 10.2. The molecule has 0 saturated carbocycles. The van der Waals surface area contributed by atoms with Crippen LogP contribution in [0.4, 0.5) is 4.79 Å². The lowest BCUT2D eigenvalue weighted by Gasteiger charge is -2.31. The van der Waals surface area contributed by atoms with Crippen LogP contribution in [0.2, 0.25) is 0 Å². The number of hydrogen-bond acceptors (Lipinski definition) is 5. The Morgan fingerprint density at radius 3 is 2.79 bits per heavy atom. The van der Waals surface area contributed by atoms with Crippen molar-refractivity contribution in [3.05, 3.63) is 35.4 Å². The summed E-state index contributed by atoms with van der Waals surface area (Å²) in [7, 11) is 1.60. The summed E-state index contributed by atoms with van der Waals surface area (Å²) >= 11 is 0. The molecule has 1 aromatic carbocycles. The lowest BCUT2D eigenvalue weighted by molar-refractivity contribution is -0.126. The Morgan fingerprint density at radius 2 is 2.07 bits per heavy atom. The van der Waals surface area contributed by atoms with E-state index in [-0.39, 0.29) is 43.5 Å². The van der Waals surface area contributed by atoms with Crippen molar-refractivity contribution in [2.45, 2.75) is 39.0 Å². The molecular formula is C21H30N4O4. The SMILES string of the molecule is CC1CN(Cc2cccc(CNC(=O)CCCN3C(=O)CN(C)C3=O)c2)CCO1. The van der Waals surface area contributed by atoms with E-state index in [0.29, 0.717) is 13.0 Å². The van der Waals surface area contributed by atoms with Gasteiger partial charge in [-0.2, -0.15) is 0 Å². The number of ether oxygens (including phenoxy) is 1. The van der Waals surface area contributed by atoms with Crippen LogP contribution in [-0.4, -0.2) is 78.5 Å². The lowest BCUT2D eigenvalue weighted by atomic mass is 10.1. The minimum atomic E-state index is -0.290. The van der Waals surface area contributed by atoms with E-state index in [2.05, 4.69) is 29.3 Å². The third-order valence-corrected chi connectivity index (χ3v) is 5.23. The molecule has 0 radical (unpaired) electrons. The van der Waals surface area contributed by atoms with Crippen molar-refractivity contribution in [3.63, 3.8) is 0 Å². The first kappa shape index (κ1) is 21.3. The Kier molecular flexibility index (Phi) is 7.22. The standard InChI is InChI=1S/C21H30N4O4/c1-16-13-24(9-10-29-16)14-18-6-3-5-17(11-18)12-22-19(26)7-4-8-25-20(27)15-23(2)21(25)28/h3,5-6,11,16H,4,7-10,12-15H2,1-2H3,(H,22,26). The van der Waals surface area contributed by atoms with E-state index in [4.69, 9.17) is 4.74 Å². The number of carbonyl (C=O) groups excluding carboxylic acids is 3. The maximum atomic E-state index is 12.1. The van der Waals surface area contributed by atoms with Crippen LogP contribution in [0.5, 0.6) is 0 Å². The van der Waals surface area contributed by atoms with Crippen LogP contribution in [0.25, 0.3) is 0 Å². The van der Waals surface area contributed by atoms with Crippen LogP contribution < -0.4 is 5.32 Å². The van der Waals surface area contributed by atoms with Crippen molar-refractivity contribution in [1.82, 2.24) is 20.0 Å². The minimum absolute atomic E-state index is 0.0788. The zero-order valence-electron chi connectivity index (χ0n) is 17.2. The Hall–Kier alpha value is -2.45. The summed E-state index contributed by atoms with van der Waals surface area (Å²) in [5.41, 5.74) is 2.28. The molecule has 1 unspecified atom stereocenters. The summed E-state index contributed by atoms with van der Waals surface area (Å²) in [6.07, 6.45) is 1.01. The predicted octanol–water partition coefficient (Wildman–Crippen LogP) is 1.20. The van der Waals surface area contributed by atoms with E-state index in [0.717, 1.165) is 31.8 Å². The second-order valence-electron chi connectivity index (χ2n) is 7.80. The van der Waals surface area contributed by atoms with Gasteiger partial charge >= 0.3 is 6.03 Å². The molecule has 0 bridgehead atoms. The van der Waals surface area contributed by atoms with Crippen molar-refractivity contribution in [1.29, 1.82) is 0 Å². The molecule has 1 aromatic rings. The molecule has 2 fully saturated rings. The number of morpholine rings is 1. The van der Waals surface area contributed by atoms with Gasteiger partial charge in [0.2, 0.25) is 11.8 Å². The Balaban J connectivity index is 1.40. The van der Waals surface area contributed by atoms with Gasteiger partial charge in [0.15, 0.2) is 0 Å². The Labute approximate surface area is 171 Å². The minimum Gasteiger partial charge on any atom is -0.376 e. The normalized spacial score (nSPS) is 20.4. The molecule has 2 aliphatic rings. The zero-order chi connectivity index (χ0) is 20.8. The average Bonchev–Trinajstić information content (AvgIpc) is 2.93. The molecule has 2 aliphatic heterocycles. The van der Waals surface area contributed by atoms with Gasteiger partial charge in [0.1, 0.15) is 6.54 Å². The fourth-order valence-corrected chi connectivity index (χ4v) is 3.71. The Bertz CT molecular complexity index is 754. The lowest BCUT2D eigenvalue weighted by Crippen LogP contribution is -2.40. The van der Waals surface area contributed by atoms with Gasteiger partial charge in [-0.1, -0.05) is 24.3 Å². The highest BCUT2D eigenvalue weighted by Crippen LogP contribution is 2.12. The Morgan fingerprint density at radius 1 is 1.28 bits per heavy atom. The quantitative estimate of drug-likeness (QED) is 0.661. The third kappa shape index (κ3) is 6.01. The summed E-state index contributed by atoms with van der Waals surface area (Å²) in [6.45, 7) is 6.46. The number of imide groups is 1. The highest BCUT2D eigenvalue weighted by molar-refractivity contribution is 6.01. The molecule has 2 saturated heterocycles. The van der Waals surface area contributed by atoms with Crippen LogP contribution in [0.1, 0.15) is 30.9 Å². The highest BCUT2D eigenvalue weighted by atomic mass is 16.5. The van der Waals surface area contributed by atoms with Crippen molar-refractivity contribution >= 4 is 17.8 Å². The van der Waals surface area contributed by atoms with Gasteiger partial charge in [0.05, 0.1) is 12.7 Å². The molecular weight excluding hydrogens is 372 g/mol. The fraction of sp³-hybridized carbons (Fsp3) is 0.571. The van der Waals surface area contributed by atoms with E-state index in [1.165, 1.54) is 15.4 Å². The summed E-state index contributed by atoms with van der Waals surface area (Å²) in [4.78, 5) is 40.6. The summed E-state index contributed by atoms with van der Waals surface area (Å²) < 4.78 is 5.58. The molecule has 0 aromatic heterocycles. The van der Waals surface area contributed by atoms with E-state index in [1.807, 2.05) is 12.1 Å². The van der Waals surface area contributed by atoms with Gasteiger partial charge in [-0.05, 0) is 24.5 Å². The predicted molar refractivity (Wildman–Crippen MR) is 108 cm³/mol. The van der Waals surface area contributed by atoms with Crippen LogP contribution in [-0.2, 0) is 27.4 Å². The summed E-state index contributed by atoms with van der Waals surface area (Å²) in [5, 5.41) is 2.92. The van der Waals surface area contributed by atoms with Crippen LogP contribution in [0.3, 0.4) is 0 Å². The first-order chi connectivity index (χ1) is 13.9. The largest absolute Gasteiger partial charge is 0.376 e. The highest BCUT2D eigenvalue weighted by Gasteiger charge is 2.32. The molecule has 158 valence electrons. The van der Waals surface area contributed by atoms with Gasteiger partial charge in [-0.15, -0.1) is 0 Å². The number of nitrogens with one attached hydrogen (secondary N) is 1. The number of rotatable bonds is 8. The molecule has 8 nitrogen and oxygen atoms in total. The maximum Gasteiger partial charge on any atom is 0.326 e. The first-order valence-corrected chi connectivity index (χ1v) is 10.2. The van der Waals surface area contributed by atoms with Crippen LogP contribution in [0, 0.1) is 0 Å². The molecule has 4 amide bonds. The smallest absolute Gasteiger partial charge is 0.326 e. The second-order valence-corrected chi connectivity index (χ2v) is 7.80. The van der Waals surface area contributed by atoms with Crippen molar-refractivity contribution < 1.29 is 19.1 Å². The molecule has 3 rings (SSSR count). The van der Waals surface area contributed by atoms with Gasteiger partial charge in [-0.25, -0.2) is 4.79 Å². The van der Waals surface area contributed by atoms with Gasteiger partial charge in [-0.3, -0.25) is 19.4 Å². The molecule has 0 aliphatic carbocycles. The topological polar surface area (TPSA) is 82.2 Å². The van der Waals surface area contributed by atoms with E-state index < -0.39 is 0 Å². The fourth-order valence-electron chi connectivity index (χ4n) is 3.71. The maximum absolute atomic E-state index is 12.1. The number of benzene rings is 1. The van der Waals surface area contributed by atoms with Crippen LogP contribution >= 0.6 is 0 Å². The van der Waals surface area contributed by atoms with Crippen molar-refractivity contribution in [2.75, 3.05) is 39.8 Å². The van der Waals surface area contributed by atoms with E-state index in [1.54, 1.807) is 7.05 Å². The molecule has 29 heavy (non-hydrogen) atoms. The number of hydrogen-bond donors (Lipinski definition) is 1. The third-order valence-electron chi connectivity index (χ3n) is 5.23. The number of amides is 4. The summed E-state index contributed by atoms with van der Waals surface area (Å²) in [5.74, 6) is -0.283. The van der Waals surface area contributed by atoms with E-state index >= 15 is 0 Å². The van der Waals surface area contributed by atoms with E-state index in [9.17, 15) is 14.4 Å². The van der Waals surface area contributed by atoms with Crippen molar-refractivity contribution in [3.8, 4) is 0 Å². The molecule has 0 spiro atoms. The van der Waals surface area contributed by atoms with Gasteiger partial charge in [0, 0.05) is 46.2 Å². The number of carbonyl (C=O) groups is 3. The average molecular weight is 402 g/mol. The zero-order valence-corrected chi connectivity index (χ0v) is 17.2. The summed E-state index contributed by atoms with van der Waals surface area (Å²) in [6, 6.07) is 7.96. The molecule has 8 heteroatoms. The number of urea groups is 1. The van der Waals surface area contributed by atoms with Gasteiger partial charge in [0.25, 0.3) is 0 Å². The molecule has 1 N–H and O–H groups in total. The molecule has 1 atom stereocenters. The number of likely N-dealkylation sites (N-methyl/N-ethyl adjacent to an activating group) is 1. The van der Waals surface area contributed by atoms with Gasteiger partial charge < -0.3 is 15.0 Å². The van der Waals surface area contributed by atoms with Crippen molar-refractivity contribution in [2.24, 2.45) is 0 Å². The molecule has 2 heterocycles. The van der Waals surface area contributed by atoms with Crippen LogP contribution in [0.15, 0.2) is 24.3 Å². The monoisotopic (exact) mass is 402 g/mol. The number of nitrogens with zero attached hydrogens (tertiary/aromatic N) is 3. The second kappa shape index (κ2) is 9.84.